The number of nitrogens with zero attached hydrogens (tertiary/aromatic N) is 5. The molecular formula is C19H20F2N8O. The van der Waals surface area contributed by atoms with E-state index in [-0.39, 0.29) is 24.0 Å². The summed E-state index contributed by atoms with van der Waals surface area (Å²) in [6.07, 6.45) is 5.17. The summed E-state index contributed by atoms with van der Waals surface area (Å²) in [5.74, 6) is -1.89. The highest BCUT2D eigenvalue weighted by molar-refractivity contribution is 5.96. The van der Waals surface area contributed by atoms with Crippen molar-refractivity contribution in [2.45, 2.75) is 18.3 Å². The summed E-state index contributed by atoms with van der Waals surface area (Å²) in [6, 6.07) is 3.31. The van der Waals surface area contributed by atoms with Crippen molar-refractivity contribution in [3.63, 3.8) is 0 Å². The Morgan fingerprint density at radius 2 is 1.87 bits per heavy atom. The molecule has 1 aliphatic heterocycles. The summed E-state index contributed by atoms with van der Waals surface area (Å²) in [5, 5.41) is 11.4. The maximum atomic E-state index is 13.9. The molecule has 0 saturated carbocycles. The largest absolute Gasteiger partial charge is 0.382 e. The van der Waals surface area contributed by atoms with E-state index in [2.05, 4.69) is 20.3 Å². The number of guanidine groups is 1. The van der Waals surface area contributed by atoms with E-state index < -0.39 is 23.0 Å². The van der Waals surface area contributed by atoms with Crippen LogP contribution in [0.25, 0.3) is 0 Å². The molecular weight excluding hydrogens is 394 g/mol. The van der Waals surface area contributed by atoms with Gasteiger partial charge >= 0.3 is 0 Å². The van der Waals surface area contributed by atoms with Gasteiger partial charge in [-0.3, -0.25) is 4.79 Å². The average molecular weight is 414 g/mol. The van der Waals surface area contributed by atoms with Gasteiger partial charge in [0.25, 0.3) is 5.91 Å². The number of rotatable bonds is 4. The number of carbonyl (C=O) groups is 1. The van der Waals surface area contributed by atoms with Gasteiger partial charge in [0.15, 0.2) is 11.5 Å². The van der Waals surface area contributed by atoms with Crippen molar-refractivity contribution < 1.29 is 13.6 Å². The van der Waals surface area contributed by atoms with E-state index >= 15 is 0 Å². The van der Waals surface area contributed by atoms with Gasteiger partial charge in [-0.15, -0.1) is 4.99 Å². The van der Waals surface area contributed by atoms with Gasteiger partial charge in [0.1, 0.15) is 11.6 Å². The summed E-state index contributed by atoms with van der Waals surface area (Å²) in [5.41, 5.74) is 11.1. The molecule has 156 valence electrons. The van der Waals surface area contributed by atoms with Crippen LogP contribution < -0.4 is 16.8 Å². The molecule has 2 aromatic rings. The first-order chi connectivity index (χ1) is 14.3. The molecule has 5 N–H and O–H groups in total. The third-order valence-electron chi connectivity index (χ3n) is 5.21. The lowest BCUT2D eigenvalue weighted by Gasteiger charge is -2.42. The third kappa shape index (κ3) is 4.43. The van der Waals surface area contributed by atoms with Gasteiger partial charge in [0, 0.05) is 43.5 Å². The highest BCUT2D eigenvalue weighted by Crippen LogP contribution is 2.36. The molecule has 11 heteroatoms. The van der Waals surface area contributed by atoms with Crippen molar-refractivity contribution in [3.05, 3.63) is 53.5 Å². The van der Waals surface area contributed by atoms with E-state index in [1.54, 1.807) is 11.1 Å². The minimum absolute atomic E-state index is 0.0174. The maximum absolute atomic E-state index is 13.9. The number of amides is 1. The number of aromatic nitrogens is 2. The van der Waals surface area contributed by atoms with Crippen molar-refractivity contribution in [1.29, 1.82) is 5.26 Å². The van der Waals surface area contributed by atoms with E-state index in [0.717, 1.165) is 6.07 Å². The van der Waals surface area contributed by atoms with Crippen LogP contribution in [-0.2, 0) is 5.41 Å². The summed E-state index contributed by atoms with van der Waals surface area (Å²) in [4.78, 5) is 25.5. The maximum Gasteiger partial charge on any atom is 0.273 e. The lowest BCUT2D eigenvalue weighted by Crippen LogP contribution is -2.52. The number of hydrogen-bond acceptors (Lipinski definition) is 6. The molecule has 1 aromatic carbocycles. The first kappa shape index (κ1) is 20.9. The molecule has 3 rings (SSSR count). The van der Waals surface area contributed by atoms with Gasteiger partial charge in [0.05, 0.1) is 0 Å². The topological polar surface area (TPSA) is 146 Å². The number of nitrogens with two attached hydrogens (primary N) is 2. The number of aliphatic imine (C=N–C) groups is 1. The highest BCUT2D eigenvalue weighted by Gasteiger charge is 2.38. The number of benzene rings is 1. The predicted molar refractivity (Wildman–Crippen MR) is 105 cm³/mol. The van der Waals surface area contributed by atoms with Gasteiger partial charge in [-0.2, -0.15) is 5.26 Å². The minimum atomic E-state index is -0.765. The van der Waals surface area contributed by atoms with Crippen LogP contribution in [0.1, 0.15) is 28.9 Å². The van der Waals surface area contributed by atoms with E-state index in [0.29, 0.717) is 31.5 Å². The molecule has 1 aliphatic rings. The number of hydrogen-bond donors (Lipinski definition) is 3. The normalized spacial score (nSPS) is 16.0. The van der Waals surface area contributed by atoms with Crippen LogP contribution >= 0.6 is 0 Å². The van der Waals surface area contributed by atoms with Crippen molar-refractivity contribution in [2.75, 3.05) is 25.4 Å². The van der Waals surface area contributed by atoms with Crippen LogP contribution in [0.5, 0.6) is 0 Å². The minimum Gasteiger partial charge on any atom is -0.382 e. The van der Waals surface area contributed by atoms with E-state index in [9.17, 15) is 13.6 Å². The number of likely N-dealkylation sites (tertiary alicyclic amines) is 1. The van der Waals surface area contributed by atoms with E-state index in [1.807, 2.05) is 0 Å². The molecule has 0 spiro atoms. The smallest absolute Gasteiger partial charge is 0.273 e. The number of piperidine rings is 1. The molecule has 1 saturated heterocycles. The van der Waals surface area contributed by atoms with Crippen LogP contribution in [0.3, 0.4) is 0 Å². The molecule has 0 aliphatic carbocycles. The second-order valence-electron chi connectivity index (χ2n) is 6.97. The fourth-order valence-electron chi connectivity index (χ4n) is 3.57. The number of halogens is 2. The molecule has 9 nitrogen and oxygen atoms in total. The lowest BCUT2D eigenvalue weighted by molar-refractivity contribution is 0.0927. The quantitative estimate of drug-likeness (QED) is 0.383. The van der Waals surface area contributed by atoms with Crippen LogP contribution in [0.4, 0.5) is 14.6 Å². The summed E-state index contributed by atoms with van der Waals surface area (Å²) >= 11 is 0. The van der Waals surface area contributed by atoms with Gasteiger partial charge in [-0.05, 0) is 30.5 Å². The average Bonchev–Trinajstić information content (AvgIpc) is 2.72. The second kappa shape index (κ2) is 8.69. The van der Waals surface area contributed by atoms with Crippen LogP contribution in [0, 0.1) is 23.1 Å². The summed E-state index contributed by atoms with van der Waals surface area (Å²) < 4.78 is 27.9. The molecule has 0 radical (unpaired) electrons. The van der Waals surface area contributed by atoms with Crippen molar-refractivity contribution >= 4 is 17.7 Å². The molecule has 2 heterocycles. The van der Waals surface area contributed by atoms with Gasteiger partial charge in [-0.1, -0.05) is 0 Å². The Morgan fingerprint density at radius 3 is 2.47 bits per heavy atom. The molecule has 1 amide bonds. The van der Waals surface area contributed by atoms with Crippen molar-refractivity contribution in [3.8, 4) is 6.19 Å². The number of nitriles is 1. The Kier molecular flexibility index (Phi) is 6.06. The molecule has 0 unspecified atom stereocenters. The number of nitrogens with one attached hydrogen (secondary N) is 1. The summed E-state index contributed by atoms with van der Waals surface area (Å²) in [7, 11) is 0. The second-order valence-corrected chi connectivity index (χ2v) is 6.97. The standard InChI is InChI=1S/C19H20F2N8O/c20-13-7-12(8-14(21)9-13)19(1-5-29(6-2-19)18(24)28-11-22)10-27-17(30)15-16(23)26-4-3-25-15/h3-4,7-9H,1-2,5-6,10H2,(H2,23,26)(H2,24,28)(H,27,30). The predicted octanol–water partition coefficient (Wildman–Crippen LogP) is 0.896. The van der Waals surface area contributed by atoms with Gasteiger partial charge in [-0.25, -0.2) is 18.7 Å². The van der Waals surface area contributed by atoms with Crippen LogP contribution in [0.15, 0.2) is 35.6 Å². The number of nitrogen functional groups attached to an aromatic ring is 1. The molecule has 0 atom stereocenters. The molecule has 30 heavy (non-hydrogen) atoms. The zero-order chi connectivity index (χ0) is 21.7. The number of anilines is 1. The Balaban J connectivity index is 1.86. The molecule has 1 aromatic heterocycles. The lowest BCUT2D eigenvalue weighted by atomic mass is 9.72. The molecule has 1 fully saturated rings. The summed E-state index contributed by atoms with van der Waals surface area (Å²) in [6.45, 7) is 0.866. The zero-order valence-electron chi connectivity index (χ0n) is 16.0. The fourth-order valence-corrected chi connectivity index (χ4v) is 3.57. The first-order valence-electron chi connectivity index (χ1n) is 9.13. The van der Waals surface area contributed by atoms with Crippen LogP contribution in [-0.4, -0.2) is 46.4 Å². The number of carbonyl (C=O) groups excluding carboxylic acids is 1. The SMILES string of the molecule is N#CN=C(N)N1CCC(CNC(=O)c2nccnc2N)(c2cc(F)cc(F)c2)CC1. The van der Waals surface area contributed by atoms with Gasteiger partial charge < -0.3 is 21.7 Å². The Bertz CT molecular complexity index is 992. The fraction of sp³-hybridized carbons (Fsp3) is 0.316. The highest BCUT2D eigenvalue weighted by atomic mass is 19.1. The Morgan fingerprint density at radius 1 is 1.23 bits per heavy atom. The zero-order valence-corrected chi connectivity index (χ0v) is 16.0. The monoisotopic (exact) mass is 414 g/mol. The first-order valence-corrected chi connectivity index (χ1v) is 9.13. The van der Waals surface area contributed by atoms with Crippen LogP contribution in [0.2, 0.25) is 0 Å². The van der Waals surface area contributed by atoms with E-state index in [1.165, 1.54) is 24.5 Å². The van der Waals surface area contributed by atoms with Crippen molar-refractivity contribution in [2.24, 2.45) is 10.7 Å². The van der Waals surface area contributed by atoms with Gasteiger partial charge in [0.2, 0.25) is 12.2 Å². The van der Waals surface area contributed by atoms with E-state index in [4.69, 9.17) is 16.7 Å². The Hall–Kier alpha value is -3.81. The third-order valence-corrected chi connectivity index (χ3v) is 5.21. The Labute approximate surface area is 171 Å². The molecule has 0 bridgehead atoms. The van der Waals surface area contributed by atoms with Crippen molar-refractivity contribution in [1.82, 2.24) is 20.2 Å².